The van der Waals surface area contributed by atoms with Gasteiger partial charge in [-0.3, -0.25) is 14.3 Å². The smallest absolute Gasteiger partial charge is 0.870 e. The standard InChI is InChI=1S/C10H10BrN2O5.Ba.H5O10P3.H2O/c11-3-2-10(8(16)6(14)5-18-10)13-4-1-7(15)12-9(13)17;;1-11(2,3)9-13(7,8)10-12(4,5)6;/h1-6,8,14,16H,(H,12,15,17);;(H,7,8)(H2,1,2,3)(H2,4,5,6);1H2/q-1;+2;;/p-1/t6-,8-,10-;;;/m1.../s1. The molecule has 1 fully saturated rings. The molecule has 0 unspecified atom stereocenters. The minimum atomic E-state index is -5.46. The molecule has 1 saturated heterocycles. The number of hydrogen-bond donors (Lipinski definition) is 8. The number of phosphoric acid groups is 3. The molecule has 0 spiro atoms. The van der Waals surface area contributed by atoms with Crippen molar-refractivity contribution in [1.82, 2.24) is 9.55 Å². The third-order valence-corrected chi connectivity index (χ3v) is 6.68. The van der Waals surface area contributed by atoms with Gasteiger partial charge in [0, 0.05) is 12.3 Å². The third-order valence-electron chi connectivity index (χ3n) is 3.06. The minimum Gasteiger partial charge on any atom is -0.870 e. The Morgan fingerprint density at radius 3 is 1.94 bits per heavy atom. The van der Waals surface area contributed by atoms with Gasteiger partial charge in [0.15, 0.2) is 5.72 Å². The van der Waals surface area contributed by atoms with Gasteiger partial charge in [0.1, 0.15) is 6.10 Å². The van der Waals surface area contributed by atoms with Crippen molar-refractivity contribution in [3.63, 3.8) is 0 Å². The van der Waals surface area contributed by atoms with Crippen molar-refractivity contribution in [2.75, 3.05) is 0 Å². The molecule has 2 rings (SSSR count). The van der Waals surface area contributed by atoms with Gasteiger partial charge >= 0.3 is 78.0 Å². The summed E-state index contributed by atoms with van der Waals surface area (Å²) < 4.78 is 42.6. The Bertz CT molecular complexity index is 1040. The molecule has 33 heavy (non-hydrogen) atoms. The SMILES string of the molecule is O=P(O)(O)OP(=O)(O)OP(=O)(O)O.O=c1ccn([C@]2(C=CBr)O[CH-][C@@H](O)[C@H]2O)c(=O)[nH]1.[Ba+2].[OH-]. The van der Waals surface area contributed by atoms with Crippen LogP contribution in [0.5, 0.6) is 0 Å². The molecule has 2 heterocycles. The Kier molecular flexibility index (Phi) is 15.1. The van der Waals surface area contributed by atoms with Crippen molar-refractivity contribution in [2.24, 2.45) is 0 Å². The van der Waals surface area contributed by atoms with Crippen LogP contribution < -0.4 is 11.2 Å². The summed E-state index contributed by atoms with van der Waals surface area (Å²) in [7, 11) is -16.2. The van der Waals surface area contributed by atoms with Crippen molar-refractivity contribution in [2.45, 2.75) is 17.9 Å². The minimum absolute atomic E-state index is 0. The van der Waals surface area contributed by atoms with Crippen molar-refractivity contribution in [3.8, 4) is 0 Å². The molecular formula is C10H16BaBrN2O16P3. The van der Waals surface area contributed by atoms with Gasteiger partial charge in [0.25, 0.3) is 5.56 Å². The summed E-state index contributed by atoms with van der Waals surface area (Å²) in [5.41, 5.74) is -2.91. The topological polar surface area (TPSA) is 305 Å². The molecule has 0 bridgehead atoms. The fourth-order valence-electron chi connectivity index (χ4n) is 2.05. The number of hydrogen-bond acceptors (Lipinski definition) is 11. The van der Waals surface area contributed by atoms with E-state index < -0.39 is 52.7 Å². The van der Waals surface area contributed by atoms with Crippen LogP contribution >= 0.6 is 39.4 Å². The van der Waals surface area contributed by atoms with E-state index >= 15 is 0 Å². The number of aromatic nitrogens is 2. The molecule has 0 radical (unpaired) electrons. The molecule has 0 aliphatic carbocycles. The summed E-state index contributed by atoms with van der Waals surface area (Å²) in [5.74, 6) is 0. The summed E-state index contributed by atoms with van der Waals surface area (Å²) in [6, 6.07) is 1.12. The van der Waals surface area contributed by atoms with Crippen molar-refractivity contribution in [3.05, 3.63) is 50.8 Å². The summed E-state index contributed by atoms with van der Waals surface area (Å²) in [6.07, 6.45) is -0.0877. The van der Waals surface area contributed by atoms with E-state index in [1.807, 2.05) is 0 Å². The number of nitrogens with zero attached hydrogens (tertiary/aromatic N) is 1. The second-order valence-electron chi connectivity index (χ2n) is 5.33. The maximum atomic E-state index is 11.7. The zero-order valence-electron chi connectivity index (χ0n) is 15.8. The van der Waals surface area contributed by atoms with Crippen LogP contribution in [0, 0.1) is 6.61 Å². The van der Waals surface area contributed by atoms with E-state index in [9.17, 15) is 33.5 Å². The molecule has 1 aromatic rings. The number of nitrogens with one attached hydrogen (secondary N) is 1. The Morgan fingerprint density at radius 2 is 1.61 bits per heavy atom. The van der Waals surface area contributed by atoms with Crippen LogP contribution in [0.15, 0.2) is 32.9 Å². The van der Waals surface area contributed by atoms with Gasteiger partial charge in [-0.25, -0.2) is 18.5 Å². The van der Waals surface area contributed by atoms with Gasteiger partial charge in [-0.05, 0) is 17.2 Å². The van der Waals surface area contributed by atoms with Crippen molar-refractivity contribution in [1.29, 1.82) is 0 Å². The van der Waals surface area contributed by atoms with Gasteiger partial charge in [0.05, 0.1) is 0 Å². The Hall–Kier alpha value is 0.721. The predicted molar refractivity (Wildman–Crippen MR) is 109 cm³/mol. The first kappa shape index (κ1) is 35.9. The second kappa shape index (κ2) is 13.9. The summed E-state index contributed by atoms with van der Waals surface area (Å²) in [5, 5.41) is 19.5. The number of ether oxygens (including phenoxy) is 1. The largest absolute Gasteiger partial charge is 2.00 e. The first-order valence-corrected chi connectivity index (χ1v) is 12.7. The van der Waals surface area contributed by atoms with Gasteiger partial charge in [-0.15, -0.1) is 0 Å². The number of rotatable bonds is 6. The van der Waals surface area contributed by atoms with Crippen LogP contribution in [0.4, 0.5) is 0 Å². The molecule has 18 nitrogen and oxygen atoms in total. The first-order valence-electron chi connectivity index (χ1n) is 7.27. The number of aliphatic hydroxyl groups excluding tert-OH is 2. The number of halogens is 1. The molecule has 1 aliphatic rings. The zero-order valence-corrected chi connectivity index (χ0v) is 24.5. The number of aliphatic hydroxyl groups is 2. The molecule has 0 aromatic carbocycles. The van der Waals surface area contributed by atoms with E-state index in [2.05, 4.69) is 29.5 Å². The van der Waals surface area contributed by atoms with Crippen molar-refractivity contribution < 1.29 is 67.2 Å². The van der Waals surface area contributed by atoms with E-state index in [0.717, 1.165) is 17.2 Å². The molecule has 23 heteroatoms. The van der Waals surface area contributed by atoms with E-state index in [1.165, 1.54) is 17.3 Å². The molecule has 1 aliphatic heterocycles. The predicted octanol–water partition coefficient (Wildman–Crippen LogP) is -2.24. The van der Waals surface area contributed by atoms with Crippen LogP contribution in [0.25, 0.3) is 0 Å². The van der Waals surface area contributed by atoms with Gasteiger partial charge in [0.2, 0.25) is 0 Å². The molecule has 186 valence electrons. The van der Waals surface area contributed by atoms with Gasteiger partial charge in [-0.1, -0.05) is 15.9 Å². The second-order valence-corrected chi connectivity index (χ2v) is 10.1. The molecule has 9 N–H and O–H groups in total. The van der Waals surface area contributed by atoms with Crippen molar-refractivity contribution >= 4 is 88.3 Å². The summed E-state index contributed by atoms with van der Waals surface area (Å²) >= 11 is 3.02. The normalized spacial score (nSPS) is 23.3. The average Bonchev–Trinajstić information content (AvgIpc) is 2.80. The molecule has 0 saturated carbocycles. The average molecular weight is 730 g/mol. The van der Waals surface area contributed by atoms with E-state index in [1.54, 1.807) is 0 Å². The van der Waals surface area contributed by atoms with E-state index in [-0.39, 0.29) is 54.4 Å². The fourth-order valence-corrected chi connectivity index (χ4v) is 4.97. The van der Waals surface area contributed by atoms with Crippen LogP contribution in [-0.4, -0.2) is 111 Å². The van der Waals surface area contributed by atoms with E-state index in [0.29, 0.717) is 0 Å². The van der Waals surface area contributed by atoms with Gasteiger partial charge < -0.3 is 44.9 Å². The monoisotopic (exact) mass is 730 g/mol. The Labute approximate surface area is 231 Å². The summed E-state index contributed by atoms with van der Waals surface area (Å²) in [4.78, 5) is 66.4. The molecular weight excluding hydrogens is 714 g/mol. The van der Waals surface area contributed by atoms with Crippen LogP contribution in [0.3, 0.4) is 0 Å². The first-order chi connectivity index (χ1) is 13.9. The Morgan fingerprint density at radius 1 is 1.12 bits per heavy atom. The third kappa shape index (κ3) is 11.5. The molecule has 1 aromatic heterocycles. The maximum absolute atomic E-state index is 11.7. The number of aromatic amines is 1. The summed E-state index contributed by atoms with van der Waals surface area (Å²) in [6.45, 7) is 1.02. The van der Waals surface area contributed by atoms with Gasteiger partial charge in [-0.2, -0.15) is 15.2 Å². The molecule has 0 amide bonds. The van der Waals surface area contributed by atoms with Crippen LogP contribution in [0.2, 0.25) is 0 Å². The molecule has 3 atom stereocenters. The van der Waals surface area contributed by atoms with Crippen LogP contribution in [-0.2, 0) is 32.8 Å². The fraction of sp³-hybridized carbons (Fsp3) is 0.300. The number of H-pyrrole nitrogens is 1. The van der Waals surface area contributed by atoms with Crippen LogP contribution in [0.1, 0.15) is 0 Å². The quantitative estimate of drug-likeness (QED) is 0.0872. The maximum Gasteiger partial charge on any atom is 2.00 e. The van der Waals surface area contributed by atoms with E-state index in [4.69, 9.17) is 29.2 Å². The Balaban J connectivity index is 0. The zero-order chi connectivity index (χ0) is 24.3.